The summed E-state index contributed by atoms with van der Waals surface area (Å²) < 4.78 is 2.06. The number of carboxylic acid groups (broad SMARTS) is 1. The SMILES string of the molecule is CN1CCC(n2c(SCC(=O)O)nc3cc(Cl)cnc32)C1. The number of thioether (sulfide) groups is 1. The molecule has 1 unspecified atom stereocenters. The molecule has 3 heterocycles. The molecule has 1 N–H and O–H groups in total. The zero-order valence-electron chi connectivity index (χ0n) is 11.5. The van der Waals surface area contributed by atoms with Gasteiger partial charge in [-0.05, 0) is 26.1 Å². The smallest absolute Gasteiger partial charge is 0.313 e. The molecule has 0 bridgehead atoms. The summed E-state index contributed by atoms with van der Waals surface area (Å²) in [4.78, 5) is 22.0. The number of imidazole rings is 1. The second-order valence-corrected chi connectivity index (χ2v) is 6.53. The van der Waals surface area contributed by atoms with Gasteiger partial charge in [0.1, 0.15) is 5.52 Å². The van der Waals surface area contributed by atoms with Crippen LogP contribution >= 0.6 is 23.4 Å². The molecule has 0 saturated carbocycles. The lowest BCUT2D eigenvalue weighted by atomic mass is 10.2. The Bertz CT molecular complexity index is 690. The van der Waals surface area contributed by atoms with Crippen LogP contribution in [-0.4, -0.2) is 56.4 Å². The number of pyridine rings is 1. The molecule has 1 atom stereocenters. The molecule has 0 amide bonds. The number of nitrogens with zero attached hydrogens (tertiary/aromatic N) is 4. The Morgan fingerprint density at radius 1 is 1.62 bits per heavy atom. The first-order chi connectivity index (χ1) is 10.0. The normalized spacial score (nSPS) is 19.4. The van der Waals surface area contributed by atoms with E-state index in [0.717, 1.165) is 25.2 Å². The molecule has 0 radical (unpaired) electrons. The van der Waals surface area contributed by atoms with Crippen molar-refractivity contribution < 1.29 is 9.90 Å². The first kappa shape index (κ1) is 14.6. The van der Waals surface area contributed by atoms with E-state index in [9.17, 15) is 4.79 Å². The highest BCUT2D eigenvalue weighted by Crippen LogP contribution is 2.31. The quantitative estimate of drug-likeness (QED) is 0.868. The molecule has 2 aromatic rings. The number of likely N-dealkylation sites (tertiary alicyclic amines) is 1. The summed E-state index contributed by atoms with van der Waals surface area (Å²) in [5, 5.41) is 10.1. The number of carbonyl (C=O) groups is 1. The number of fused-ring (bicyclic) bond motifs is 1. The van der Waals surface area contributed by atoms with Crippen molar-refractivity contribution in [1.82, 2.24) is 19.4 Å². The van der Waals surface area contributed by atoms with Crippen LogP contribution in [0.3, 0.4) is 0 Å². The molecule has 0 spiro atoms. The van der Waals surface area contributed by atoms with E-state index in [1.807, 2.05) is 0 Å². The summed E-state index contributed by atoms with van der Waals surface area (Å²) in [6.07, 6.45) is 2.61. The molecular weight excluding hydrogens is 312 g/mol. The van der Waals surface area contributed by atoms with E-state index in [0.29, 0.717) is 15.7 Å². The number of aromatic nitrogens is 3. The van der Waals surface area contributed by atoms with Gasteiger partial charge >= 0.3 is 5.97 Å². The van der Waals surface area contributed by atoms with Crippen LogP contribution < -0.4 is 0 Å². The fraction of sp³-hybridized carbons (Fsp3) is 0.462. The minimum Gasteiger partial charge on any atom is -0.481 e. The molecule has 1 aliphatic rings. The van der Waals surface area contributed by atoms with Crippen molar-refractivity contribution in [3.05, 3.63) is 17.3 Å². The maximum atomic E-state index is 10.8. The van der Waals surface area contributed by atoms with E-state index in [-0.39, 0.29) is 11.8 Å². The Balaban J connectivity index is 2.04. The van der Waals surface area contributed by atoms with Crippen LogP contribution in [0.15, 0.2) is 17.4 Å². The molecule has 21 heavy (non-hydrogen) atoms. The lowest BCUT2D eigenvalue weighted by molar-refractivity contribution is -0.133. The van der Waals surface area contributed by atoms with E-state index < -0.39 is 5.97 Å². The van der Waals surface area contributed by atoms with E-state index in [1.165, 1.54) is 11.8 Å². The Kier molecular flexibility index (Phi) is 4.05. The van der Waals surface area contributed by atoms with Crippen molar-refractivity contribution in [2.24, 2.45) is 0 Å². The van der Waals surface area contributed by atoms with Gasteiger partial charge in [-0.25, -0.2) is 9.97 Å². The molecule has 1 aliphatic heterocycles. The molecule has 0 aliphatic carbocycles. The minimum absolute atomic E-state index is 0.0143. The van der Waals surface area contributed by atoms with Gasteiger partial charge in [-0.2, -0.15) is 0 Å². The number of hydrogen-bond acceptors (Lipinski definition) is 5. The van der Waals surface area contributed by atoms with Crippen LogP contribution in [0.4, 0.5) is 0 Å². The van der Waals surface area contributed by atoms with Gasteiger partial charge in [0.05, 0.1) is 16.8 Å². The third-order valence-corrected chi connectivity index (χ3v) is 4.66. The van der Waals surface area contributed by atoms with Gasteiger partial charge in [-0.1, -0.05) is 23.4 Å². The van der Waals surface area contributed by atoms with E-state index in [1.54, 1.807) is 12.3 Å². The summed E-state index contributed by atoms with van der Waals surface area (Å²) >= 11 is 7.20. The Hall–Kier alpha value is -1.31. The molecule has 112 valence electrons. The van der Waals surface area contributed by atoms with Crippen LogP contribution in [0.1, 0.15) is 12.5 Å². The molecule has 6 nitrogen and oxygen atoms in total. The van der Waals surface area contributed by atoms with Gasteiger partial charge in [0.15, 0.2) is 10.8 Å². The third kappa shape index (κ3) is 3.00. The number of halogens is 1. The summed E-state index contributed by atoms with van der Waals surface area (Å²) in [5.74, 6) is -0.868. The molecule has 1 fully saturated rings. The zero-order valence-corrected chi connectivity index (χ0v) is 13.1. The summed E-state index contributed by atoms with van der Waals surface area (Å²) in [6, 6.07) is 2.04. The molecule has 1 saturated heterocycles. The number of aliphatic carboxylic acids is 1. The number of rotatable bonds is 4. The number of hydrogen-bond donors (Lipinski definition) is 1. The van der Waals surface area contributed by atoms with Crippen LogP contribution in [-0.2, 0) is 4.79 Å². The van der Waals surface area contributed by atoms with E-state index in [2.05, 4.69) is 26.5 Å². The van der Waals surface area contributed by atoms with Crippen molar-refractivity contribution in [3.8, 4) is 0 Å². The lowest BCUT2D eigenvalue weighted by Crippen LogP contribution is -2.17. The first-order valence-electron chi connectivity index (χ1n) is 6.61. The van der Waals surface area contributed by atoms with E-state index >= 15 is 0 Å². The van der Waals surface area contributed by atoms with Gasteiger partial charge in [0.2, 0.25) is 0 Å². The van der Waals surface area contributed by atoms with E-state index in [4.69, 9.17) is 16.7 Å². The third-order valence-electron chi connectivity index (χ3n) is 3.52. The highest BCUT2D eigenvalue weighted by molar-refractivity contribution is 7.99. The second kappa shape index (κ2) is 5.82. The summed E-state index contributed by atoms with van der Waals surface area (Å²) in [5.41, 5.74) is 1.48. The average Bonchev–Trinajstić information content (AvgIpc) is 2.98. The predicted octanol–water partition coefficient (Wildman–Crippen LogP) is 2.14. The van der Waals surface area contributed by atoms with Gasteiger partial charge in [-0.15, -0.1) is 0 Å². The topological polar surface area (TPSA) is 71.2 Å². The maximum Gasteiger partial charge on any atom is 0.313 e. The number of likely N-dealkylation sites (N-methyl/N-ethyl adjacent to an activating group) is 1. The van der Waals surface area contributed by atoms with Crippen LogP contribution in [0.5, 0.6) is 0 Å². The van der Waals surface area contributed by atoms with Gasteiger partial charge in [0, 0.05) is 12.7 Å². The molecule has 3 rings (SSSR count). The predicted molar refractivity (Wildman–Crippen MR) is 82.0 cm³/mol. The van der Waals surface area contributed by atoms with Crippen molar-refractivity contribution >= 4 is 40.5 Å². The van der Waals surface area contributed by atoms with Crippen molar-refractivity contribution in [3.63, 3.8) is 0 Å². The average molecular weight is 327 g/mol. The Morgan fingerprint density at radius 3 is 3.10 bits per heavy atom. The molecule has 0 aromatic carbocycles. The van der Waals surface area contributed by atoms with Crippen LogP contribution in [0.2, 0.25) is 5.02 Å². The van der Waals surface area contributed by atoms with Crippen molar-refractivity contribution in [2.75, 3.05) is 25.9 Å². The van der Waals surface area contributed by atoms with Crippen LogP contribution in [0, 0.1) is 0 Å². The van der Waals surface area contributed by atoms with Gasteiger partial charge < -0.3 is 10.0 Å². The fourth-order valence-corrected chi connectivity index (χ4v) is 3.56. The lowest BCUT2D eigenvalue weighted by Gasteiger charge is -2.15. The highest BCUT2D eigenvalue weighted by atomic mass is 35.5. The van der Waals surface area contributed by atoms with Crippen molar-refractivity contribution in [2.45, 2.75) is 17.6 Å². The highest BCUT2D eigenvalue weighted by Gasteiger charge is 2.26. The van der Waals surface area contributed by atoms with Crippen molar-refractivity contribution in [1.29, 1.82) is 0 Å². The fourth-order valence-electron chi connectivity index (χ4n) is 2.62. The van der Waals surface area contributed by atoms with Gasteiger partial charge in [0.25, 0.3) is 0 Å². The minimum atomic E-state index is -0.854. The Labute approximate surface area is 131 Å². The van der Waals surface area contributed by atoms with Gasteiger partial charge in [-0.3, -0.25) is 9.36 Å². The largest absolute Gasteiger partial charge is 0.481 e. The standard InChI is InChI=1S/C13H15ClN4O2S/c1-17-3-2-9(6-17)18-12-10(4-8(14)5-15-12)16-13(18)21-7-11(19)20/h4-5,9H,2-3,6-7H2,1H3,(H,19,20). The molecule has 8 heteroatoms. The summed E-state index contributed by atoms with van der Waals surface area (Å²) in [6.45, 7) is 1.93. The summed E-state index contributed by atoms with van der Waals surface area (Å²) in [7, 11) is 2.08. The molecule has 2 aromatic heterocycles. The number of carboxylic acids is 1. The first-order valence-corrected chi connectivity index (χ1v) is 7.97. The second-order valence-electron chi connectivity index (χ2n) is 5.15. The zero-order chi connectivity index (χ0) is 15.0. The molecular formula is C13H15ClN4O2S. The maximum absolute atomic E-state index is 10.8. The monoisotopic (exact) mass is 326 g/mol. The van der Waals surface area contributed by atoms with Crippen LogP contribution in [0.25, 0.3) is 11.2 Å². The Morgan fingerprint density at radius 2 is 2.43 bits per heavy atom.